The van der Waals surface area contributed by atoms with E-state index in [1.165, 1.54) is 11.9 Å². The lowest BCUT2D eigenvalue weighted by Crippen LogP contribution is -2.48. The van der Waals surface area contributed by atoms with Crippen molar-refractivity contribution in [3.63, 3.8) is 0 Å². The van der Waals surface area contributed by atoms with Gasteiger partial charge in [-0.2, -0.15) is 26.3 Å². The van der Waals surface area contributed by atoms with Gasteiger partial charge in [0, 0.05) is 39.5 Å². The van der Waals surface area contributed by atoms with Crippen molar-refractivity contribution in [2.24, 2.45) is 0 Å². The van der Waals surface area contributed by atoms with E-state index in [1.807, 2.05) is 0 Å². The summed E-state index contributed by atoms with van der Waals surface area (Å²) in [6, 6.07) is 8.87. The highest BCUT2D eigenvalue weighted by Crippen LogP contribution is 2.37. The molecule has 2 aromatic rings. The van der Waals surface area contributed by atoms with Crippen LogP contribution in [0.5, 0.6) is 0 Å². The minimum Gasteiger partial charge on any atom is -0.446 e. The van der Waals surface area contributed by atoms with Crippen molar-refractivity contribution in [3.05, 3.63) is 70.8 Å². The largest absolute Gasteiger partial charge is 0.446 e. The molecule has 13 heteroatoms. The van der Waals surface area contributed by atoms with Gasteiger partial charge in [0.1, 0.15) is 6.10 Å². The van der Waals surface area contributed by atoms with Crippen molar-refractivity contribution in [1.82, 2.24) is 15.1 Å². The highest BCUT2D eigenvalue weighted by atomic mass is 19.4. The van der Waals surface area contributed by atoms with Crippen LogP contribution in [0.3, 0.4) is 0 Å². The topological polar surface area (TPSA) is 82.1 Å². The summed E-state index contributed by atoms with van der Waals surface area (Å²) in [4.78, 5) is 27.8. The van der Waals surface area contributed by atoms with Gasteiger partial charge >= 0.3 is 24.5 Å². The van der Waals surface area contributed by atoms with E-state index in [2.05, 4.69) is 5.32 Å². The van der Waals surface area contributed by atoms with Crippen molar-refractivity contribution in [1.29, 1.82) is 0 Å². The summed E-state index contributed by atoms with van der Waals surface area (Å²) < 4.78 is 84.9. The van der Waals surface area contributed by atoms with E-state index in [-0.39, 0.29) is 44.2 Å². The number of urea groups is 1. The molecule has 2 N–H and O–H groups in total. The molecule has 3 rings (SSSR count). The number of alkyl carbamates (subject to hydrolysis) is 1. The Labute approximate surface area is 215 Å². The van der Waals surface area contributed by atoms with Crippen LogP contribution in [0.15, 0.2) is 48.5 Å². The zero-order chi connectivity index (χ0) is 28.1. The van der Waals surface area contributed by atoms with Gasteiger partial charge in [0.25, 0.3) is 0 Å². The second-order valence-corrected chi connectivity index (χ2v) is 8.87. The van der Waals surface area contributed by atoms with E-state index in [0.29, 0.717) is 12.1 Å². The fourth-order valence-corrected chi connectivity index (χ4v) is 4.28. The Morgan fingerprint density at radius 1 is 1.05 bits per heavy atom. The van der Waals surface area contributed by atoms with Crippen LogP contribution in [0.25, 0.3) is 0 Å². The lowest BCUT2D eigenvalue weighted by atomic mass is 9.93. The number of amides is 3. The molecule has 38 heavy (non-hydrogen) atoms. The van der Waals surface area contributed by atoms with Gasteiger partial charge in [0.05, 0.1) is 23.8 Å². The molecule has 1 aliphatic rings. The molecular weight excluding hydrogens is 520 g/mol. The quantitative estimate of drug-likeness (QED) is 0.488. The molecule has 1 saturated heterocycles. The predicted molar refractivity (Wildman–Crippen MR) is 124 cm³/mol. The number of piperidine rings is 1. The van der Waals surface area contributed by atoms with Gasteiger partial charge in [-0.3, -0.25) is 0 Å². The summed E-state index contributed by atoms with van der Waals surface area (Å²) >= 11 is 0. The van der Waals surface area contributed by atoms with Crippen molar-refractivity contribution in [2.45, 2.75) is 43.9 Å². The summed E-state index contributed by atoms with van der Waals surface area (Å²) in [5.74, 6) is 0. The summed E-state index contributed by atoms with van der Waals surface area (Å²) in [5.41, 5.74) is -2.51. The second-order valence-electron chi connectivity index (χ2n) is 8.87. The van der Waals surface area contributed by atoms with Crippen LogP contribution in [0.1, 0.15) is 41.1 Å². The number of benzene rings is 2. The molecule has 1 fully saturated rings. The molecule has 2 atom stereocenters. The molecule has 0 aromatic heterocycles. The highest BCUT2D eigenvalue weighted by molar-refractivity contribution is 5.75. The van der Waals surface area contributed by atoms with Crippen LogP contribution in [0.4, 0.5) is 35.9 Å². The number of ether oxygens (including phenoxy) is 1. The first-order valence-corrected chi connectivity index (χ1v) is 11.7. The minimum absolute atomic E-state index is 0.00860. The van der Waals surface area contributed by atoms with Gasteiger partial charge in [0.2, 0.25) is 0 Å². The standard InChI is InChI=1S/C25H27F6N3O4/c1-33(15-16-11-18(24(26,27)28)13-19(12-16)25(29,30)31)23(37)34-9-7-20(38-22(36)32-8-10-35)14-21(34)17-5-3-2-4-6-17/h2-6,11-13,20-21,35H,7-10,14-15H2,1H3,(H,32,36)/t20-,21-/m0/s1. The maximum atomic E-state index is 13.4. The van der Waals surface area contributed by atoms with Crippen LogP contribution in [-0.4, -0.2) is 59.9 Å². The van der Waals surface area contributed by atoms with E-state index in [4.69, 9.17) is 9.84 Å². The van der Waals surface area contributed by atoms with Gasteiger partial charge in [0.15, 0.2) is 0 Å². The summed E-state index contributed by atoms with van der Waals surface area (Å²) in [7, 11) is 1.29. The molecule has 1 aliphatic heterocycles. The fourth-order valence-electron chi connectivity index (χ4n) is 4.28. The average Bonchev–Trinajstić information content (AvgIpc) is 2.86. The zero-order valence-corrected chi connectivity index (χ0v) is 20.4. The molecule has 0 spiro atoms. The number of aliphatic hydroxyl groups excluding tert-OH is 1. The number of likely N-dealkylation sites (tertiary alicyclic amines) is 1. The number of nitrogens with one attached hydrogen (secondary N) is 1. The van der Waals surface area contributed by atoms with Gasteiger partial charge in [-0.25, -0.2) is 9.59 Å². The van der Waals surface area contributed by atoms with Crippen molar-refractivity contribution in [2.75, 3.05) is 26.7 Å². The Balaban J connectivity index is 1.81. The van der Waals surface area contributed by atoms with E-state index in [0.717, 1.165) is 10.5 Å². The van der Waals surface area contributed by atoms with Crippen molar-refractivity contribution < 1.29 is 45.8 Å². The SMILES string of the molecule is CN(Cc1cc(C(F)(F)F)cc(C(F)(F)F)c1)C(=O)N1CC[C@H](OC(=O)NCCO)C[C@H]1c1ccccc1. The summed E-state index contributed by atoms with van der Waals surface area (Å²) in [6.45, 7) is -0.629. The molecule has 0 aliphatic carbocycles. The summed E-state index contributed by atoms with van der Waals surface area (Å²) in [6.07, 6.45) is -10.8. The number of hydrogen-bond acceptors (Lipinski definition) is 4. The van der Waals surface area contributed by atoms with Crippen LogP contribution in [0.2, 0.25) is 0 Å². The Morgan fingerprint density at radius 3 is 2.21 bits per heavy atom. The van der Waals surface area contributed by atoms with Crippen LogP contribution < -0.4 is 5.32 Å². The molecule has 0 unspecified atom stereocenters. The number of rotatable bonds is 6. The number of halogens is 6. The van der Waals surface area contributed by atoms with Crippen LogP contribution in [-0.2, 0) is 23.6 Å². The number of carbonyl (C=O) groups excluding carboxylic acids is 2. The third-order valence-electron chi connectivity index (χ3n) is 6.03. The Kier molecular flexibility index (Phi) is 9.13. The van der Waals surface area contributed by atoms with E-state index >= 15 is 0 Å². The first-order chi connectivity index (χ1) is 17.8. The maximum absolute atomic E-state index is 13.4. The monoisotopic (exact) mass is 547 g/mol. The lowest BCUT2D eigenvalue weighted by molar-refractivity contribution is -0.143. The lowest BCUT2D eigenvalue weighted by Gasteiger charge is -2.41. The number of alkyl halides is 6. The number of aliphatic hydroxyl groups is 1. The van der Waals surface area contributed by atoms with E-state index in [9.17, 15) is 35.9 Å². The fraction of sp³-hybridized carbons (Fsp3) is 0.440. The third kappa shape index (κ3) is 7.53. The molecule has 0 bridgehead atoms. The zero-order valence-electron chi connectivity index (χ0n) is 20.4. The first-order valence-electron chi connectivity index (χ1n) is 11.7. The average molecular weight is 547 g/mol. The van der Waals surface area contributed by atoms with Gasteiger partial charge in [-0.15, -0.1) is 0 Å². The van der Waals surface area contributed by atoms with Gasteiger partial charge in [-0.05, 0) is 29.3 Å². The first kappa shape index (κ1) is 29.1. The molecule has 3 amide bonds. The van der Waals surface area contributed by atoms with Crippen molar-refractivity contribution >= 4 is 12.1 Å². The third-order valence-corrected chi connectivity index (χ3v) is 6.03. The Morgan fingerprint density at radius 2 is 1.66 bits per heavy atom. The number of hydrogen-bond donors (Lipinski definition) is 2. The normalized spacial score (nSPS) is 18.2. The molecule has 0 saturated carbocycles. The Hall–Kier alpha value is -3.48. The Bertz CT molecular complexity index is 1080. The maximum Gasteiger partial charge on any atom is 0.416 e. The minimum atomic E-state index is -5.00. The highest BCUT2D eigenvalue weighted by Gasteiger charge is 2.38. The van der Waals surface area contributed by atoms with E-state index in [1.54, 1.807) is 30.3 Å². The summed E-state index contributed by atoms with van der Waals surface area (Å²) in [5, 5.41) is 11.2. The van der Waals surface area contributed by atoms with Gasteiger partial charge in [-0.1, -0.05) is 30.3 Å². The molecule has 2 aromatic carbocycles. The molecule has 1 heterocycles. The number of nitrogens with zero attached hydrogens (tertiary/aromatic N) is 2. The molecule has 7 nitrogen and oxygen atoms in total. The van der Waals surface area contributed by atoms with Crippen LogP contribution in [0, 0.1) is 0 Å². The molecule has 0 radical (unpaired) electrons. The van der Waals surface area contributed by atoms with Crippen LogP contribution >= 0.6 is 0 Å². The van der Waals surface area contributed by atoms with Gasteiger partial charge < -0.3 is 25.0 Å². The smallest absolute Gasteiger partial charge is 0.416 e. The van der Waals surface area contributed by atoms with Crippen molar-refractivity contribution in [3.8, 4) is 0 Å². The van der Waals surface area contributed by atoms with E-state index < -0.39 is 54.3 Å². The second kappa shape index (κ2) is 11.9. The predicted octanol–water partition coefficient (Wildman–Crippen LogP) is 5.20. The molecule has 208 valence electrons. The number of carbonyl (C=O) groups is 2. The molecular formula is C25H27F6N3O4.